The summed E-state index contributed by atoms with van der Waals surface area (Å²) >= 11 is 0. The van der Waals surface area contributed by atoms with Crippen LogP contribution in [0.2, 0.25) is 0 Å². The molecule has 9 heteroatoms. The molecule has 0 radical (unpaired) electrons. The van der Waals surface area contributed by atoms with Gasteiger partial charge in [-0.1, -0.05) is 0 Å². The van der Waals surface area contributed by atoms with E-state index in [1.54, 1.807) is 4.90 Å². The van der Waals surface area contributed by atoms with Gasteiger partial charge in [0, 0.05) is 26.1 Å². The molecule has 2 aliphatic heterocycles. The van der Waals surface area contributed by atoms with E-state index in [0.29, 0.717) is 19.6 Å². The van der Waals surface area contributed by atoms with Crippen molar-refractivity contribution in [3.05, 3.63) is 0 Å². The molecule has 0 aromatic rings. The second-order valence-electron chi connectivity index (χ2n) is 5.47. The monoisotopic (exact) mass is 329 g/mol. The van der Waals surface area contributed by atoms with E-state index in [0.717, 1.165) is 11.3 Å². The number of amides is 2. The second-order valence-corrected chi connectivity index (χ2v) is 5.47. The molecule has 0 aromatic carbocycles. The Bertz CT molecular complexity index is 406. The van der Waals surface area contributed by atoms with Crippen LogP contribution in [0.1, 0.15) is 12.8 Å². The summed E-state index contributed by atoms with van der Waals surface area (Å²) in [6, 6.07) is 0. The van der Waals surface area contributed by atoms with Gasteiger partial charge in [0.2, 0.25) is 11.8 Å². The van der Waals surface area contributed by atoms with Crippen LogP contribution in [0, 0.1) is 11.8 Å². The Hall–Kier alpha value is -1.02. The first kappa shape index (κ1) is 18.0. The highest BCUT2D eigenvalue weighted by molar-refractivity contribution is 5.89. The van der Waals surface area contributed by atoms with Crippen molar-refractivity contribution in [1.29, 1.82) is 0 Å². The minimum atomic E-state index is -4.42. The van der Waals surface area contributed by atoms with Gasteiger partial charge < -0.3 is 15.5 Å². The zero-order valence-corrected chi connectivity index (χ0v) is 12.3. The fraction of sp³-hybridized carbons (Fsp3) is 0.833. The van der Waals surface area contributed by atoms with Crippen LogP contribution in [0.25, 0.3) is 0 Å². The van der Waals surface area contributed by atoms with Gasteiger partial charge in [-0.25, -0.2) is 0 Å². The Morgan fingerprint density at radius 1 is 1.33 bits per heavy atom. The van der Waals surface area contributed by atoms with Gasteiger partial charge in [0.15, 0.2) is 0 Å². The number of halogens is 4. The molecule has 0 aromatic heterocycles. The maximum Gasteiger partial charge on any atom is 0.406 e. The number of carbonyl (C=O) groups is 2. The molecule has 2 fully saturated rings. The molecule has 2 heterocycles. The van der Waals surface area contributed by atoms with E-state index in [2.05, 4.69) is 0 Å². The number of nitrogens with zero attached hydrogens (tertiary/aromatic N) is 2. The SMILES string of the molecule is Cl.NCC1CCN(C(=O)C2CC(=O)N(CC(F)(F)F)C2)C1. The second kappa shape index (κ2) is 6.83. The maximum absolute atomic E-state index is 12.3. The van der Waals surface area contributed by atoms with Crippen LogP contribution in [-0.4, -0.2) is 60.5 Å². The first-order valence-corrected chi connectivity index (χ1v) is 6.63. The third-order valence-corrected chi connectivity index (χ3v) is 3.86. The Morgan fingerprint density at radius 2 is 2.00 bits per heavy atom. The molecule has 21 heavy (non-hydrogen) atoms. The predicted molar refractivity (Wildman–Crippen MR) is 71.7 cm³/mol. The van der Waals surface area contributed by atoms with Crippen molar-refractivity contribution in [2.24, 2.45) is 17.6 Å². The third-order valence-electron chi connectivity index (χ3n) is 3.86. The van der Waals surface area contributed by atoms with Crippen molar-refractivity contribution in [3.8, 4) is 0 Å². The van der Waals surface area contributed by atoms with Crippen molar-refractivity contribution in [1.82, 2.24) is 9.80 Å². The van der Waals surface area contributed by atoms with E-state index in [1.165, 1.54) is 0 Å². The highest BCUT2D eigenvalue weighted by atomic mass is 35.5. The summed E-state index contributed by atoms with van der Waals surface area (Å²) in [7, 11) is 0. The number of carbonyl (C=O) groups excluding carboxylic acids is 2. The number of likely N-dealkylation sites (tertiary alicyclic amines) is 2. The lowest BCUT2D eigenvalue weighted by Crippen LogP contribution is -2.38. The number of hydrogen-bond acceptors (Lipinski definition) is 3. The van der Waals surface area contributed by atoms with Gasteiger partial charge in [-0.2, -0.15) is 13.2 Å². The van der Waals surface area contributed by atoms with Crippen LogP contribution in [0.3, 0.4) is 0 Å². The largest absolute Gasteiger partial charge is 0.406 e. The molecule has 2 atom stereocenters. The standard InChI is InChI=1S/C12H18F3N3O2.ClH/c13-12(14,15)7-18-6-9(3-10(18)19)11(20)17-2-1-8(4-16)5-17;/h8-9H,1-7,16H2;1H. The fourth-order valence-electron chi connectivity index (χ4n) is 2.79. The van der Waals surface area contributed by atoms with Crippen molar-refractivity contribution in [2.45, 2.75) is 19.0 Å². The number of nitrogens with two attached hydrogens (primary N) is 1. The normalized spacial score (nSPS) is 26.2. The number of hydrogen-bond donors (Lipinski definition) is 1. The van der Waals surface area contributed by atoms with Gasteiger partial charge >= 0.3 is 6.18 Å². The average molecular weight is 330 g/mol. The van der Waals surface area contributed by atoms with Gasteiger partial charge in [0.25, 0.3) is 0 Å². The molecule has 2 saturated heterocycles. The number of rotatable bonds is 3. The quantitative estimate of drug-likeness (QED) is 0.825. The van der Waals surface area contributed by atoms with Crippen molar-refractivity contribution in [3.63, 3.8) is 0 Å². The zero-order valence-electron chi connectivity index (χ0n) is 11.4. The Labute approximate surface area is 127 Å². The molecule has 0 saturated carbocycles. The summed E-state index contributed by atoms with van der Waals surface area (Å²) in [5.41, 5.74) is 5.54. The van der Waals surface area contributed by atoms with Crippen LogP contribution in [0.4, 0.5) is 13.2 Å². The molecule has 0 bridgehead atoms. The summed E-state index contributed by atoms with van der Waals surface area (Å²) in [5, 5.41) is 0. The van der Waals surface area contributed by atoms with Crippen molar-refractivity contribution >= 4 is 24.2 Å². The minimum absolute atomic E-state index is 0. The first-order chi connectivity index (χ1) is 9.30. The molecule has 122 valence electrons. The van der Waals surface area contributed by atoms with Gasteiger partial charge in [0.05, 0.1) is 5.92 Å². The van der Waals surface area contributed by atoms with E-state index in [9.17, 15) is 22.8 Å². The molecule has 5 nitrogen and oxygen atoms in total. The highest BCUT2D eigenvalue weighted by Crippen LogP contribution is 2.26. The predicted octanol–water partition coefficient (Wildman–Crippen LogP) is 0.626. The number of alkyl halides is 3. The van der Waals surface area contributed by atoms with Crippen molar-refractivity contribution < 1.29 is 22.8 Å². The van der Waals surface area contributed by atoms with E-state index in [1.807, 2.05) is 0 Å². The summed E-state index contributed by atoms with van der Waals surface area (Å²) in [6.45, 7) is 0.194. The van der Waals surface area contributed by atoms with Crippen LogP contribution in [0.5, 0.6) is 0 Å². The Kier molecular flexibility index (Phi) is 5.86. The van der Waals surface area contributed by atoms with Gasteiger partial charge in [-0.05, 0) is 18.9 Å². The van der Waals surface area contributed by atoms with E-state index >= 15 is 0 Å². The molecule has 2 unspecified atom stereocenters. The topological polar surface area (TPSA) is 66.6 Å². The lowest BCUT2D eigenvalue weighted by Gasteiger charge is -2.21. The van der Waals surface area contributed by atoms with E-state index in [4.69, 9.17) is 5.73 Å². The van der Waals surface area contributed by atoms with E-state index in [-0.39, 0.29) is 37.2 Å². The van der Waals surface area contributed by atoms with Crippen LogP contribution < -0.4 is 5.73 Å². The third kappa shape index (κ3) is 4.47. The Morgan fingerprint density at radius 3 is 2.52 bits per heavy atom. The van der Waals surface area contributed by atoms with Gasteiger partial charge in [0.1, 0.15) is 6.54 Å². The molecule has 2 rings (SSSR count). The summed E-state index contributed by atoms with van der Waals surface area (Å²) in [4.78, 5) is 26.1. The van der Waals surface area contributed by atoms with E-state index < -0.39 is 24.5 Å². The molecule has 2 amide bonds. The smallest absolute Gasteiger partial charge is 0.342 e. The Balaban J connectivity index is 0.00000220. The molecular formula is C12H19ClF3N3O2. The lowest BCUT2D eigenvalue weighted by atomic mass is 10.1. The molecule has 0 aliphatic carbocycles. The summed E-state index contributed by atoms with van der Waals surface area (Å²) < 4.78 is 36.9. The van der Waals surface area contributed by atoms with Gasteiger partial charge in [-0.3, -0.25) is 9.59 Å². The van der Waals surface area contributed by atoms with Crippen molar-refractivity contribution in [2.75, 3.05) is 32.7 Å². The molecule has 2 aliphatic rings. The van der Waals surface area contributed by atoms with Crippen LogP contribution in [-0.2, 0) is 9.59 Å². The van der Waals surface area contributed by atoms with Gasteiger partial charge in [-0.15, -0.1) is 12.4 Å². The first-order valence-electron chi connectivity index (χ1n) is 6.63. The summed E-state index contributed by atoms with van der Waals surface area (Å²) in [6.07, 6.45) is -3.74. The lowest BCUT2D eigenvalue weighted by molar-refractivity contribution is -0.157. The minimum Gasteiger partial charge on any atom is -0.342 e. The highest BCUT2D eigenvalue weighted by Gasteiger charge is 2.42. The maximum atomic E-state index is 12.3. The molecule has 2 N–H and O–H groups in total. The van der Waals surface area contributed by atoms with Crippen LogP contribution >= 0.6 is 12.4 Å². The average Bonchev–Trinajstić information content (AvgIpc) is 2.94. The van der Waals surface area contributed by atoms with Crippen LogP contribution in [0.15, 0.2) is 0 Å². The summed E-state index contributed by atoms with van der Waals surface area (Å²) in [5.74, 6) is -1.22. The zero-order chi connectivity index (χ0) is 14.9. The fourth-order valence-corrected chi connectivity index (χ4v) is 2.79. The molecule has 0 spiro atoms. The molecular weight excluding hydrogens is 311 g/mol.